The number of benzene rings is 2. The summed E-state index contributed by atoms with van der Waals surface area (Å²) in [5, 5.41) is 5.24. The van der Waals surface area contributed by atoms with Crippen molar-refractivity contribution in [2.24, 2.45) is 0 Å². The van der Waals surface area contributed by atoms with E-state index in [0.717, 1.165) is 11.1 Å². The van der Waals surface area contributed by atoms with Crippen molar-refractivity contribution in [3.8, 4) is 5.75 Å². The minimum atomic E-state index is -0.566. The number of ether oxygens (including phenoxy) is 1. The summed E-state index contributed by atoms with van der Waals surface area (Å²) in [6, 6.07) is 13.0. The van der Waals surface area contributed by atoms with Crippen LogP contribution in [0.1, 0.15) is 16.7 Å². The van der Waals surface area contributed by atoms with Gasteiger partial charge in [-0.05, 0) is 49.0 Å². The van der Waals surface area contributed by atoms with Crippen LogP contribution in [-0.4, -0.2) is 16.9 Å². The Morgan fingerprint density at radius 1 is 1.12 bits per heavy atom. The van der Waals surface area contributed by atoms with E-state index < -0.39 is 11.8 Å². The second-order valence-corrected chi connectivity index (χ2v) is 6.60. The van der Waals surface area contributed by atoms with Crippen molar-refractivity contribution in [2.45, 2.75) is 13.5 Å². The third-order valence-electron chi connectivity index (χ3n) is 3.69. The minimum Gasteiger partial charge on any atom is -0.488 e. The van der Waals surface area contributed by atoms with E-state index in [1.807, 2.05) is 31.2 Å². The Kier molecular flexibility index (Phi) is 5.35. The molecule has 2 aromatic carbocycles. The molecule has 0 aliphatic carbocycles. The molecule has 0 aromatic heterocycles. The van der Waals surface area contributed by atoms with Gasteiger partial charge in [0.1, 0.15) is 17.9 Å². The Bertz CT molecular complexity index is 918. The number of halogens is 1. The van der Waals surface area contributed by atoms with E-state index in [4.69, 9.17) is 28.6 Å². The topological polar surface area (TPSA) is 67.4 Å². The number of aryl methyl sites for hydroxylation is 1. The fraction of sp³-hybridized carbons (Fsp3) is 0.105. The maximum atomic E-state index is 12.0. The van der Waals surface area contributed by atoms with Crippen LogP contribution in [0, 0.1) is 6.92 Å². The normalized spacial score (nSPS) is 13.9. The molecule has 0 atom stereocenters. The molecule has 2 N–H and O–H groups in total. The molecular formula is C19H15ClN2O3S. The number of thiocarbonyl (C=S) groups is 1. The Balaban J connectivity index is 1.88. The molecule has 0 unspecified atom stereocenters. The summed E-state index contributed by atoms with van der Waals surface area (Å²) in [6.07, 6.45) is 1.43. The number of carbonyl (C=O) groups is 2. The molecule has 26 heavy (non-hydrogen) atoms. The smallest absolute Gasteiger partial charge is 0.263 e. The van der Waals surface area contributed by atoms with Crippen molar-refractivity contribution < 1.29 is 14.3 Å². The van der Waals surface area contributed by atoms with Gasteiger partial charge in [-0.2, -0.15) is 0 Å². The summed E-state index contributed by atoms with van der Waals surface area (Å²) in [4.78, 5) is 24.1. The Labute approximate surface area is 161 Å². The number of carbonyl (C=O) groups excluding carboxylic acids is 2. The van der Waals surface area contributed by atoms with E-state index in [-0.39, 0.29) is 10.7 Å². The fourth-order valence-corrected chi connectivity index (χ4v) is 2.85. The van der Waals surface area contributed by atoms with Crippen molar-refractivity contribution in [2.75, 3.05) is 0 Å². The quantitative estimate of drug-likeness (QED) is 0.481. The molecule has 7 heteroatoms. The zero-order valence-electron chi connectivity index (χ0n) is 13.8. The van der Waals surface area contributed by atoms with Gasteiger partial charge in [-0.3, -0.25) is 20.2 Å². The average Bonchev–Trinajstić information content (AvgIpc) is 2.57. The SMILES string of the molecule is Cc1cccc(COc2ccc(Cl)cc2C=C2C(=O)NC(=S)NC2=O)c1. The lowest BCUT2D eigenvalue weighted by molar-refractivity contribution is -0.123. The zero-order chi connectivity index (χ0) is 18.7. The lowest BCUT2D eigenvalue weighted by Gasteiger charge is -2.17. The predicted octanol–water partition coefficient (Wildman–Crippen LogP) is 3.14. The van der Waals surface area contributed by atoms with E-state index in [1.54, 1.807) is 18.2 Å². The molecule has 1 aliphatic heterocycles. The second-order valence-electron chi connectivity index (χ2n) is 5.76. The third kappa shape index (κ3) is 4.28. The molecule has 2 amide bonds. The Morgan fingerprint density at radius 2 is 1.85 bits per heavy atom. The third-order valence-corrected chi connectivity index (χ3v) is 4.13. The van der Waals surface area contributed by atoms with Crippen LogP contribution < -0.4 is 15.4 Å². The molecule has 1 saturated heterocycles. The fourth-order valence-electron chi connectivity index (χ4n) is 2.49. The molecule has 132 valence electrons. The van der Waals surface area contributed by atoms with Gasteiger partial charge in [0.2, 0.25) is 0 Å². The Hall–Kier alpha value is -2.70. The molecule has 5 nitrogen and oxygen atoms in total. The first kappa shape index (κ1) is 18.1. The van der Waals surface area contributed by atoms with Crippen molar-refractivity contribution in [3.63, 3.8) is 0 Å². The second kappa shape index (κ2) is 7.68. The zero-order valence-corrected chi connectivity index (χ0v) is 15.4. The number of amides is 2. The van der Waals surface area contributed by atoms with Crippen molar-refractivity contribution in [1.29, 1.82) is 0 Å². The minimum absolute atomic E-state index is 0.0147. The van der Waals surface area contributed by atoms with Crippen LogP contribution in [0.3, 0.4) is 0 Å². The Morgan fingerprint density at radius 3 is 2.54 bits per heavy atom. The van der Waals surface area contributed by atoms with Gasteiger partial charge < -0.3 is 4.74 Å². The highest BCUT2D eigenvalue weighted by Crippen LogP contribution is 2.26. The number of nitrogens with one attached hydrogen (secondary N) is 2. The molecule has 0 saturated carbocycles. The van der Waals surface area contributed by atoms with Crippen LogP contribution in [0.5, 0.6) is 5.75 Å². The van der Waals surface area contributed by atoms with Gasteiger partial charge in [-0.25, -0.2) is 0 Å². The van der Waals surface area contributed by atoms with Gasteiger partial charge in [0.25, 0.3) is 11.8 Å². The largest absolute Gasteiger partial charge is 0.488 e. The number of hydrogen-bond donors (Lipinski definition) is 2. The van der Waals surface area contributed by atoms with E-state index in [2.05, 4.69) is 10.6 Å². The standard InChI is InChI=1S/C19H15ClN2O3S/c1-11-3-2-4-12(7-11)10-25-16-6-5-14(20)8-13(16)9-15-17(23)21-19(26)22-18(15)24/h2-9H,10H2,1H3,(H2,21,22,23,24,26). The molecule has 0 radical (unpaired) electrons. The number of hydrogen-bond acceptors (Lipinski definition) is 4. The van der Waals surface area contributed by atoms with E-state index >= 15 is 0 Å². The first-order chi connectivity index (χ1) is 12.4. The van der Waals surface area contributed by atoms with Crippen molar-refractivity contribution in [1.82, 2.24) is 10.6 Å². The summed E-state index contributed by atoms with van der Waals surface area (Å²) >= 11 is 10.9. The summed E-state index contributed by atoms with van der Waals surface area (Å²) in [5.41, 5.74) is 2.60. The van der Waals surface area contributed by atoms with Crippen LogP contribution in [0.4, 0.5) is 0 Å². The summed E-state index contributed by atoms with van der Waals surface area (Å²) in [5.74, 6) is -0.621. The average molecular weight is 387 g/mol. The maximum absolute atomic E-state index is 12.0. The van der Waals surface area contributed by atoms with Crippen molar-refractivity contribution in [3.05, 3.63) is 69.8 Å². The van der Waals surface area contributed by atoms with Crippen LogP contribution in [0.25, 0.3) is 6.08 Å². The highest BCUT2D eigenvalue weighted by atomic mass is 35.5. The van der Waals surface area contributed by atoms with Crippen LogP contribution >= 0.6 is 23.8 Å². The highest BCUT2D eigenvalue weighted by molar-refractivity contribution is 7.80. The molecule has 2 aromatic rings. The lowest BCUT2D eigenvalue weighted by atomic mass is 10.1. The summed E-state index contributed by atoms with van der Waals surface area (Å²) in [7, 11) is 0. The number of rotatable bonds is 4. The van der Waals surface area contributed by atoms with Gasteiger partial charge in [0, 0.05) is 10.6 Å². The maximum Gasteiger partial charge on any atom is 0.263 e. The van der Waals surface area contributed by atoms with E-state index in [0.29, 0.717) is 22.9 Å². The molecule has 1 aliphatic rings. The molecule has 1 heterocycles. The van der Waals surface area contributed by atoms with Gasteiger partial charge in [-0.15, -0.1) is 0 Å². The molecule has 1 fully saturated rings. The molecule has 0 spiro atoms. The molecule has 3 rings (SSSR count). The van der Waals surface area contributed by atoms with Crippen LogP contribution in [0.2, 0.25) is 5.02 Å². The monoisotopic (exact) mass is 386 g/mol. The van der Waals surface area contributed by atoms with Crippen LogP contribution in [0.15, 0.2) is 48.0 Å². The first-order valence-corrected chi connectivity index (χ1v) is 8.57. The highest BCUT2D eigenvalue weighted by Gasteiger charge is 2.26. The van der Waals surface area contributed by atoms with Gasteiger partial charge in [0.05, 0.1) is 0 Å². The molecule has 0 bridgehead atoms. The molecular weight excluding hydrogens is 372 g/mol. The summed E-state index contributed by atoms with van der Waals surface area (Å²) in [6.45, 7) is 2.36. The first-order valence-electron chi connectivity index (χ1n) is 7.78. The van der Waals surface area contributed by atoms with Gasteiger partial charge >= 0.3 is 0 Å². The van der Waals surface area contributed by atoms with E-state index in [1.165, 1.54) is 6.08 Å². The van der Waals surface area contributed by atoms with E-state index in [9.17, 15) is 9.59 Å². The van der Waals surface area contributed by atoms with Crippen molar-refractivity contribution >= 4 is 46.8 Å². The predicted molar refractivity (Wildman–Crippen MR) is 104 cm³/mol. The van der Waals surface area contributed by atoms with Crippen LogP contribution in [-0.2, 0) is 16.2 Å². The van der Waals surface area contributed by atoms with Gasteiger partial charge in [-0.1, -0.05) is 41.4 Å². The summed E-state index contributed by atoms with van der Waals surface area (Å²) < 4.78 is 5.87. The van der Waals surface area contributed by atoms with Gasteiger partial charge in [0.15, 0.2) is 5.11 Å². The lowest BCUT2D eigenvalue weighted by Crippen LogP contribution is -2.51.